The number of anilines is 1. The van der Waals surface area contributed by atoms with Gasteiger partial charge in [0.1, 0.15) is 16.9 Å². The fourth-order valence-corrected chi connectivity index (χ4v) is 5.00. The van der Waals surface area contributed by atoms with E-state index in [-0.39, 0.29) is 11.7 Å². The Bertz CT molecular complexity index is 1890. The van der Waals surface area contributed by atoms with E-state index in [1.54, 1.807) is 31.7 Å². The van der Waals surface area contributed by atoms with E-state index in [4.69, 9.17) is 4.98 Å². The molecule has 194 valence electrons. The molecule has 10 nitrogen and oxygen atoms in total. The first kappa shape index (κ1) is 24.6. The highest BCUT2D eigenvalue weighted by atomic mass is 32.1. The van der Waals surface area contributed by atoms with Crippen LogP contribution in [0.2, 0.25) is 0 Å². The molecule has 39 heavy (non-hydrogen) atoms. The number of hydrogen-bond donors (Lipinski definition) is 3. The molecule has 0 saturated carbocycles. The molecule has 11 heteroatoms. The van der Waals surface area contributed by atoms with Crippen LogP contribution in [-0.2, 0) is 4.79 Å². The van der Waals surface area contributed by atoms with Crippen molar-refractivity contribution in [1.82, 2.24) is 35.1 Å². The van der Waals surface area contributed by atoms with Crippen LogP contribution in [0.5, 0.6) is 0 Å². The standard InChI is InChI=1S/C28H24N8O2S/c1-14(37)21-5-6-22(39-21)25-24-18(7-8-30-25)33-26(34-24)23-17-10-19(31-13-20(17)35-36-23)15-9-16(12-29-11-15)32-27(38)28(2,3)4/h5-13H,1-4H3,(H,32,38)(H,33,34)(H,35,36). The minimum absolute atomic E-state index is 0.0193. The maximum absolute atomic E-state index is 12.4. The third-order valence-electron chi connectivity index (χ3n) is 6.23. The molecule has 0 spiro atoms. The second-order valence-electron chi connectivity index (χ2n) is 10.2. The van der Waals surface area contributed by atoms with Crippen molar-refractivity contribution in [2.24, 2.45) is 5.41 Å². The number of hydrogen-bond acceptors (Lipinski definition) is 8. The van der Waals surface area contributed by atoms with Crippen molar-refractivity contribution in [1.29, 1.82) is 0 Å². The van der Waals surface area contributed by atoms with Crippen molar-refractivity contribution in [3.05, 3.63) is 60.0 Å². The molecule has 0 aliphatic heterocycles. The highest BCUT2D eigenvalue weighted by Gasteiger charge is 2.22. The number of thiophene rings is 1. The molecule has 0 unspecified atom stereocenters. The average molecular weight is 537 g/mol. The zero-order valence-corrected chi connectivity index (χ0v) is 22.5. The number of carbonyl (C=O) groups excluding carboxylic acids is 2. The van der Waals surface area contributed by atoms with Crippen LogP contribution in [-0.4, -0.2) is 46.8 Å². The van der Waals surface area contributed by atoms with E-state index in [0.717, 1.165) is 26.9 Å². The molecule has 0 aliphatic carbocycles. The zero-order valence-electron chi connectivity index (χ0n) is 21.7. The number of nitrogens with zero attached hydrogens (tertiary/aromatic N) is 5. The lowest BCUT2D eigenvalue weighted by Crippen LogP contribution is -2.27. The Morgan fingerprint density at radius 2 is 1.82 bits per heavy atom. The summed E-state index contributed by atoms with van der Waals surface area (Å²) < 4.78 is 0. The van der Waals surface area contributed by atoms with Gasteiger partial charge < -0.3 is 10.3 Å². The molecular formula is C28H24N8O2S. The summed E-state index contributed by atoms with van der Waals surface area (Å²) in [5, 5.41) is 11.3. The zero-order chi connectivity index (χ0) is 27.3. The van der Waals surface area contributed by atoms with Crippen molar-refractivity contribution in [2.75, 3.05) is 5.32 Å². The van der Waals surface area contributed by atoms with Crippen molar-refractivity contribution in [3.63, 3.8) is 0 Å². The Morgan fingerprint density at radius 3 is 2.59 bits per heavy atom. The third kappa shape index (κ3) is 4.57. The van der Waals surface area contributed by atoms with Crippen molar-refractivity contribution in [3.8, 4) is 33.3 Å². The molecular weight excluding hydrogens is 512 g/mol. The number of imidazole rings is 1. The van der Waals surface area contributed by atoms with E-state index in [2.05, 4.69) is 35.5 Å². The van der Waals surface area contributed by atoms with Crippen LogP contribution in [0.15, 0.2) is 55.1 Å². The lowest BCUT2D eigenvalue weighted by atomic mass is 9.95. The number of aromatic nitrogens is 7. The number of carbonyl (C=O) groups is 2. The fourth-order valence-electron chi connectivity index (χ4n) is 4.10. The van der Waals surface area contributed by atoms with Crippen LogP contribution >= 0.6 is 11.3 Å². The van der Waals surface area contributed by atoms with E-state index in [9.17, 15) is 9.59 Å². The molecule has 0 bridgehead atoms. The van der Waals surface area contributed by atoms with Gasteiger partial charge >= 0.3 is 0 Å². The Balaban J connectivity index is 1.39. The Morgan fingerprint density at radius 1 is 0.974 bits per heavy atom. The number of Topliss-reactive ketones (excluding diaryl/α,β-unsaturated/α-hetero) is 1. The second kappa shape index (κ2) is 9.21. The Hall–Kier alpha value is -4.77. The number of fused-ring (bicyclic) bond motifs is 2. The highest BCUT2D eigenvalue weighted by molar-refractivity contribution is 7.17. The number of ketones is 1. The van der Waals surface area contributed by atoms with Gasteiger partial charge in [-0.15, -0.1) is 11.3 Å². The molecule has 3 N–H and O–H groups in total. The smallest absolute Gasteiger partial charge is 0.229 e. The number of pyridine rings is 3. The van der Waals surface area contributed by atoms with E-state index < -0.39 is 5.41 Å². The number of amides is 1. The SMILES string of the molecule is CC(=O)c1ccc(-c2nccc3[nH]c(-c4n[nH]c5cnc(-c6cncc(NC(=O)C(C)(C)C)c6)cc45)nc23)s1. The molecule has 0 radical (unpaired) electrons. The molecule has 6 rings (SSSR count). The van der Waals surface area contributed by atoms with Gasteiger partial charge in [-0.25, -0.2) is 4.98 Å². The molecule has 6 heterocycles. The van der Waals surface area contributed by atoms with Crippen molar-refractivity contribution < 1.29 is 9.59 Å². The van der Waals surface area contributed by atoms with Gasteiger partial charge in [0.05, 0.1) is 44.6 Å². The first-order valence-corrected chi connectivity index (χ1v) is 13.1. The molecule has 0 fully saturated rings. The maximum Gasteiger partial charge on any atom is 0.229 e. The molecule has 0 atom stereocenters. The predicted octanol–water partition coefficient (Wildman–Crippen LogP) is 5.87. The predicted molar refractivity (Wildman–Crippen MR) is 151 cm³/mol. The number of aromatic amines is 2. The molecule has 6 aromatic heterocycles. The first-order chi connectivity index (χ1) is 18.7. The van der Waals surface area contributed by atoms with Gasteiger partial charge in [0, 0.05) is 28.8 Å². The first-order valence-electron chi connectivity index (χ1n) is 12.2. The monoisotopic (exact) mass is 536 g/mol. The number of rotatable bonds is 5. The summed E-state index contributed by atoms with van der Waals surface area (Å²) in [6, 6.07) is 9.33. The summed E-state index contributed by atoms with van der Waals surface area (Å²) in [6.45, 7) is 7.12. The fraction of sp³-hybridized carbons (Fsp3) is 0.179. The average Bonchev–Trinajstić information content (AvgIpc) is 3.65. The minimum Gasteiger partial charge on any atom is -0.336 e. The summed E-state index contributed by atoms with van der Waals surface area (Å²) in [7, 11) is 0. The van der Waals surface area contributed by atoms with Gasteiger partial charge in [-0.2, -0.15) is 5.10 Å². The summed E-state index contributed by atoms with van der Waals surface area (Å²) >= 11 is 1.40. The van der Waals surface area contributed by atoms with Crippen LogP contribution in [0.3, 0.4) is 0 Å². The normalized spacial score (nSPS) is 11.8. The quantitative estimate of drug-likeness (QED) is 0.234. The van der Waals surface area contributed by atoms with Gasteiger partial charge in [-0.05, 0) is 37.3 Å². The van der Waals surface area contributed by atoms with Gasteiger partial charge in [-0.3, -0.25) is 29.6 Å². The second-order valence-corrected chi connectivity index (χ2v) is 11.3. The summed E-state index contributed by atoms with van der Waals surface area (Å²) in [4.78, 5) is 47.4. The van der Waals surface area contributed by atoms with Crippen molar-refractivity contribution >= 4 is 50.7 Å². The third-order valence-corrected chi connectivity index (χ3v) is 7.42. The highest BCUT2D eigenvalue weighted by Crippen LogP contribution is 2.34. The van der Waals surface area contributed by atoms with Crippen molar-refractivity contribution in [2.45, 2.75) is 27.7 Å². The molecule has 6 aromatic rings. The van der Waals surface area contributed by atoms with Crippen LogP contribution < -0.4 is 5.32 Å². The molecule has 0 aromatic carbocycles. The minimum atomic E-state index is -0.528. The number of H-pyrrole nitrogens is 2. The largest absolute Gasteiger partial charge is 0.336 e. The van der Waals surface area contributed by atoms with Gasteiger partial charge in [0.25, 0.3) is 0 Å². The number of nitrogens with one attached hydrogen (secondary N) is 3. The van der Waals surface area contributed by atoms with Gasteiger partial charge in [0.15, 0.2) is 11.6 Å². The summed E-state index contributed by atoms with van der Waals surface area (Å²) in [5.41, 5.74) is 5.10. The van der Waals surface area contributed by atoms with Gasteiger partial charge in [-0.1, -0.05) is 20.8 Å². The molecule has 0 saturated heterocycles. The van der Waals surface area contributed by atoms with E-state index in [1.807, 2.05) is 51.1 Å². The summed E-state index contributed by atoms with van der Waals surface area (Å²) in [6.07, 6.45) is 6.75. The van der Waals surface area contributed by atoms with E-state index in [1.165, 1.54) is 11.3 Å². The summed E-state index contributed by atoms with van der Waals surface area (Å²) in [5.74, 6) is 0.502. The van der Waals surface area contributed by atoms with E-state index >= 15 is 0 Å². The topological polar surface area (TPSA) is 142 Å². The Labute approximate surface area is 227 Å². The van der Waals surface area contributed by atoms with Crippen LogP contribution in [0, 0.1) is 5.41 Å². The van der Waals surface area contributed by atoms with Crippen LogP contribution in [0.4, 0.5) is 5.69 Å². The lowest BCUT2D eigenvalue weighted by Gasteiger charge is -2.17. The molecule has 1 amide bonds. The lowest BCUT2D eigenvalue weighted by molar-refractivity contribution is -0.123. The van der Waals surface area contributed by atoms with Crippen LogP contribution in [0.25, 0.3) is 55.3 Å². The molecule has 0 aliphatic rings. The van der Waals surface area contributed by atoms with Gasteiger partial charge in [0.2, 0.25) is 5.91 Å². The Kier molecular flexibility index (Phi) is 5.80. The maximum atomic E-state index is 12.4. The van der Waals surface area contributed by atoms with E-state index in [0.29, 0.717) is 39.0 Å². The van der Waals surface area contributed by atoms with Crippen LogP contribution in [0.1, 0.15) is 37.4 Å².